The van der Waals surface area contributed by atoms with Crippen molar-refractivity contribution in [3.05, 3.63) is 60.2 Å². The van der Waals surface area contributed by atoms with E-state index in [1.807, 2.05) is 43.3 Å². The number of thioether (sulfide) groups is 1. The van der Waals surface area contributed by atoms with E-state index in [2.05, 4.69) is 25.1 Å². The Labute approximate surface area is 142 Å². The third-order valence-electron chi connectivity index (χ3n) is 3.51. The van der Waals surface area contributed by atoms with E-state index >= 15 is 0 Å². The first-order valence-corrected chi connectivity index (χ1v) is 8.37. The second-order valence-corrected chi connectivity index (χ2v) is 6.07. The van der Waals surface area contributed by atoms with Crippen LogP contribution < -0.4 is 0 Å². The van der Waals surface area contributed by atoms with Crippen LogP contribution in [0.2, 0.25) is 0 Å². The molecule has 0 atom stereocenters. The summed E-state index contributed by atoms with van der Waals surface area (Å²) in [5, 5.41) is 8.66. The van der Waals surface area contributed by atoms with Crippen molar-refractivity contribution in [3.8, 4) is 11.5 Å². The molecule has 0 spiro atoms. The number of aromatic nitrogens is 5. The lowest BCUT2D eigenvalue weighted by molar-refractivity contribution is 0.465. The van der Waals surface area contributed by atoms with E-state index in [4.69, 9.17) is 4.42 Å². The summed E-state index contributed by atoms with van der Waals surface area (Å²) >= 11 is 1.45. The third kappa shape index (κ3) is 2.98. The van der Waals surface area contributed by atoms with Crippen LogP contribution in [0, 0.1) is 6.92 Å². The molecular formula is C17H13N5OS. The Hall–Kier alpha value is -2.80. The molecule has 0 aliphatic heterocycles. The standard InChI is InChI=1S/C17H13N5OS/c1-11-15(20-14-5-3-2-4-13(14)19-11)10-24-17-22-21-16(23-17)12-6-8-18-9-7-12/h2-9H,10H2,1H3. The zero-order valence-corrected chi connectivity index (χ0v) is 13.7. The highest BCUT2D eigenvalue weighted by molar-refractivity contribution is 7.98. The highest BCUT2D eigenvalue weighted by atomic mass is 32.2. The van der Waals surface area contributed by atoms with E-state index in [1.165, 1.54) is 11.8 Å². The number of pyridine rings is 1. The van der Waals surface area contributed by atoms with Gasteiger partial charge in [-0.3, -0.25) is 4.98 Å². The molecule has 0 radical (unpaired) electrons. The van der Waals surface area contributed by atoms with Crippen molar-refractivity contribution in [2.24, 2.45) is 0 Å². The Balaban J connectivity index is 1.53. The molecule has 6 nitrogen and oxygen atoms in total. The SMILES string of the molecule is Cc1nc2ccccc2nc1CSc1nnc(-c2ccncc2)o1. The topological polar surface area (TPSA) is 77.6 Å². The number of para-hydroxylation sites is 2. The molecule has 0 saturated heterocycles. The van der Waals surface area contributed by atoms with Gasteiger partial charge >= 0.3 is 0 Å². The van der Waals surface area contributed by atoms with Crippen LogP contribution in [0.1, 0.15) is 11.4 Å². The predicted molar refractivity (Wildman–Crippen MR) is 91.4 cm³/mol. The molecule has 7 heteroatoms. The van der Waals surface area contributed by atoms with Gasteiger partial charge in [-0.25, -0.2) is 9.97 Å². The van der Waals surface area contributed by atoms with Gasteiger partial charge in [-0.1, -0.05) is 23.9 Å². The Morgan fingerprint density at radius 1 is 0.958 bits per heavy atom. The van der Waals surface area contributed by atoms with Gasteiger partial charge in [0.15, 0.2) is 0 Å². The molecule has 0 unspecified atom stereocenters. The normalized spacial score (nSPS) is 11.0. The third-order valence-corrected chi connectivity index (χ3v) is 4.34. The van der Waals surface area contributed by atoms with Crippen molar-refractivity contribution in [2.75, 3.05) is 0 Å². The maximum absolute atomic E-state index is 5.68. The van der Waals surface area contributed by atoms with Crippen LogP contribution in [0.4, 0.5) is 0 Å². The van der Waals surface area contributed by atoms with Gasteiger partial charge in [-0.15, -0.1) is 10.2 Å². The minimum atomic E-state index is 0.487. The first-order chi connectivity index (χ1) is 11.8. The van der Waals surface area contributed by atoms with Gasteiger partial charge in [0.25, 0.3) is 5.22 Å². The van der Waals surface area contributed by atoms with Crippen LogP contribution in [0.5, 0.6) is 0 Å². The second kappa shape index (κ2) is 6.37. The zero-order valence-electron chi connectivity index (χ0n) is 12.9. The van der Waals surface area contributed by atoms with Crippen molar-refractivity contribution in [1.29, 1.82) is 0 Å². The Kier molecular flexibility index (Phi) is 3.92. The average molecular weight is 335 g/mol. The molecule has 1 aromatic carbocycles. The second-order valence-electron chi connectivity index (χ2n) is 5.14. The number of hydrogen-bond donors (Lipinski definition) is 0. The molecule has 0 amide bonds. The number of benzene rings is 1. The molecule has 0 aliphatic rings. The maximum Gasteiger partial charge on any atom is 0.277 e. The summed E-state index contributed by atoms with van der Waals surface area (Å²) in [4.78, 5) is 13.2. The van der Waals surface area contributed by atoms with Crippen LogP contribution in [0.25, 0.3) is 22.5 Å². The van der Waals surface area contributed by atoms with Gasteiger partial charge < -0.3 is 4.42 Å². The van der Waals surface area contributed by atoms with Crippen LogP contribution in [-0.4, -0.2) is 25.1 Å². The smallest absolute Gasteiger partial charge is 0.277 e. The highest BCUT2D eigenvalue weighted by Gasteiger charge is 2.11. The van der Waals surface area contributed by atoms with E-state index < -0.39 is 0 Å². The van der Waals surface area contributed by atoms with Gasteiger partial charge in [0, 0.05) is 23.7 Å². The molecule has 0 fully saturated rings. The van der Waals surface area contributed by atoms with E-state index in [1.54, 1.807) is 12.4 Å². The Morgan fingerprint density at radius 2 is 1.71 bits per heavy atom. The molecule has 0 N–H and O–H groups in total. The molecule has 4 aromatic rings. The summed E-state index contributed by atoms with van der Waals surface area (Å²) in [5.41, 5.74) is 4.48. The van der Waals surface area contributed by atoms with Gasteiger partial charge in [0.2, 0.25) is 5.89 Å². The van der Waals surface area contributed by atoms with Crippen LogP contribution in [0.3, 0.4) is 0 Å². The molecular weight excluding hydrogens is 322 g/mol. The number of rotatable bonds is 4. The van der Waals surface area contributed by atoms with Crippen LogP contribution >= 0.6 is 11.8 Å². The number of aryl methyl sites for hydroxylation is 1. The summed E-state index contributed by atoms with van der Waals surface area (Å²) in [6.45, 7) is 1.96. The molecule has 0 saturated carbocycles. The average Bonchev–Trinajstić information content (AvgIpc) is 3.10. The summed E-state index contributed by atoms with van der Waals surface area (Å²) < 4.78 is 5.68. The lowest BCUT2D eigenvalue weighted by Gasteiger charge is -2.04. The number of fused-ring (bicyclic) bond motifs is 1. The Bertz CT molecular complexity index is 987. The quantitative estimate of drug-likeness (QED) is 0.526. The monoisotopic (exact) mass is 335 g/mol. The Morgan fingerprint density at radius 3 is 2.50 bits per heavy atom. The number of hydrogen-bond acceptors (Lipinski definition) is 7. The molecule has 0 aliphatic carbocycles. The fourth-order valence-electron chi connectivity index (χ4n) is 2.27. The molecule has 3 heterocycles. The summed E-state index contributed by atoms with van der Waals surface area (Å²) in [6.07, 6.45) is 3.39. The maximum atomic E-state index is 5.68. The van der Waals surface area contributed by atoms with Crippen LogP contribution in [-0.2, 0) is 5.75 Å². The largest absolute Gasteiger partial charge is 0.411 e. The van der Waals surface area contributed by atoms with E-state index in [0.29, 0.717) is 16.9 Å². The predicted octanol–water partition coefficient (Wildman–Crippen LogP) is 3.68. The molecule has 24 heavy (non-hydrogen) atoms. The van der Waals surface area contributed by atoms with Gasteiger partial charge in [0.05, 0.1) is 22.4 Å². The molecule has 118 valence electrons. The van der Waals surface area contributed by atoms with Crippen molar-refractivity contribution in [1.82, 2.24) is 25.1 Å². The minimum absolute atomic E-state index is 0.487. The summed E-state index contributed by atoms with van der Waals surface area (Å²) in [5.74, 6) is 1.11. The highest BCUT2D eigenvalue weighted by Crippen LogP contribution is 2.26. The first kappa shape index (κ1) is 14.8. The van der Waals surface area contributed by atoms with Crippen molar-refractivity contribution >= 4 is 22.8 Å². The van der Waals surface area contributed by atoms with Gasteiger partial charge in [0.1, 0.15) is 0 Å². The van der Waals surface area contributed by atoms with Crippen molar-refractivity contribution in [3.63, 3.8) is 0 Å². The van der Waals surface area contributed by atoms with Gasteiger partial charge in [-0.05, 0) is 31.2 Å². The lowest BCUT2D eigenvalue weighted by Crippen LogP contribution is -1.96. The lowest BCUT2D eigenvalue weighted by atomic mass is 10.2. The van der Waals surface area contributed by atoms with E-state index in [0.717, 1.165) is 28.0 Å². The van der Waals surface area contributed by atoms with Crippen LogP contribution in [0.15, 0.2) is 58.4 Å². The fourth-order valence-corrected chi connectivity index (χ4v) is 3.04. The number of nitrogens with zero attached hydrogens (tertiary/aromatic N) is 5. The van der Waals surface area contributed by atoms with Crippen molar-refractivity contribution < 1.29 is 4.42 Å². The molecule has 0 bridgehead atoms. The van der Waals surface area contributed by atoms with Crippen molar-refractivity contribution in [2.45, 2.75) is 17.9 Å². The fraction of sp³-hybridized carbons (Fsp3) is 0.118. The molecule has 4 rings (SSSR count). The summed E-state index contributed by atoms with van der Waals surface area (Å²) in [7, 11) is 0. The zero-order chi connectivity index (χ0) is 16.4. The van der Waals surface area contributed by atoms with Gasteiger partial charge in [-0.2, -0.15) is 0 Å². The summed E-state index contributed by atoms with van der Waals surface area (Å²) in [6, 6.07) is 11.5. The minimum Gasteiger partial charge on any atom is -0.411 e. The van der Waals surface area contributed by atoms with E-state index in [9.17, 15) is 0 Å². The first-order valence-electron chi connectivity index (χ1n) is 7.38. The van der Waals surface area contributed by atoms with E-state index in [-0.39, 0.29) is 0 Å². The molecule has 3 aromatic heterocycles.